The van der Waals surface area contributed by atoms with Crippen molar-refractivity contribution in [3.05, 3.63) is 71.8 Å². The minimum absolute atomic E-state index is 0.0721. The van der Waals surface area contributed by atoms with Crippen LogP contribution in [-0.2, 0) is 0 Å². The van der Waals surface area contributed by atoms with Crippen LogP contribution in [0.1, 0.15) is 23.2 Å². The second-order valence-corrected chi connectivity index (χ2v) is 4.83. The molecule has 0 aliphatic rings. The molecule has 3 unspecified atom stereocenters. The Morgan fingerprint density at radius 2 is 1.30 bits per heavy atom. The first-order valence-electron chi connectivity index (χ1n) is 6.79. The van der Waals surface area contributed by atoms with E-state index in [1.165, 1.54) is 0 Å². The van der Waals surface area contributed by atoms with E-state index in [9.17, 15) is 0 Å². The second-order valence-electron chi connectivity index (χ2n) is 4.83. The molecule has 106 valence electrons. The van der Waals surface area contributed by atoms with Gasteiger partial charge >= 0.3 is 0 Å². The lowest BCUT2D eigenvalue weighted by Gasteiger charge is -2.28. The molecule has 0 amide bonds. The van der Waals surface area contributed by atoms with Gasteiger partial charge in [0.05, 0.1) is 12.2 Å². The third kappa shape index (κ3) is 3.65. The van der Waals surface area contributed by atoms with Crippen molar-refractivity contribution < 1.29 is 0 Å². The molecule has 0 radical (unpaired) electrons. The van der Waals surface area contributed by atoms with Crippen LogP contribution in [0.25, 0.3) is 0 Å². The summed E-state index contributed by atoms with van der Waals surface area (Å²) in [5, 5.41) is 3.31. The van der Waals surface area contributed by atoms with Gasteiger partial charge in [0, 0.05) is 12.6 Å². The number of rotatable bonds is 6. The van der Waals surface area contributed by atoms with Gasteiger partial charge in [-0.1, -0.05) is 60.7 Å². The van der Waals surface area contributed by atoms with Crippen molar-refractivity contribution in [2.24, 2.45) is 17.2 Å². The molecule has 2 aromatic carbocycles. The SMILES string of the molecule is NCC(N)NC(c1ccccc1)C(N)c1ccccc1. The van der Waals surface area contributed by atoms with Gasteiger partial charge < -0.3 is 17.2 Å². The van der Waals surface area contributed by atoms with Gasteiger partial charge in [-0.2, -0.15) is 0 Å². The van der Waals surface area contributed by atoms with Gasteiger partial charge in [0.25, 0.3) is 0 Å². The summed E-state index contributed by atoms with van der Waals surface area (Å²) in [6, 6.07) is 19.8. The summed E-state index contributed by atoms with van der Waals surface area (Å²) >= 11 is 0. The van der Waals surface area contributed by atoms with Crippen LogP contribution in [0.2, 0.25) is 0 Å². The van der Waals surface area contributed by atoms with Crippen molar-refractivity contribution >= 4 is 0 Å². The first kappa shape index (κ1) is 14.7. The van der Waals surface area contributed by atoms with E-state index in [0.29, 0.717) is 6.54 Å². The van der Waals surface area contributed by atoms with Gasteiger partial charge in [0.1, 0.15) is 0 Å². The number of hydrogen-bond donors (Lipinski definition) is 4. The van der Waals surface area contributed by atoms with E-state index < -0.39 is 0 Å². The zero-order valence-corrected chi connectivity index (χ0v) is 11.4. The van der Waals surface area contributed by atoms with Crippen molar-refractivity contribution in [3.63, 3.8) is 0 Å². The van der Waals surface area contributed by atoms with Crippen LogP contribution in [0.5, 0.6) is 0 Å². The van der Waals surface area contributed by atoms with E-state index in [1.807, 2.05) is 60.7 Å². The molecule has 2 rings (SSSR count). The third-order valence-electron chi connectivity index (χ3n) is 3.35. The van der Waals surface area contributed by atoms with Crippen molar-refractivity contribution in [2.45, 2.75) is 18.2 Å². The number of hydrogen-bond acceptors (Lipinski definition) is 4. The monoisotopic (exact) mass is 270 g/mol. The van der Waals surface area contributed by atoms with Crippen molar-refractivity contribution in [1.29, 1.82) is 0 Å². The van der Waals surface area contributed by atoms with E-state index in [4.69, 9.17) is 17.2 Å². The Kier molecular flexibility index (Phi) is 5.26. The maximum atomic E-state index is 6.42. The van der Waals surface area contributed by atoms with E-state index in [-0.39, 0.29) is 18.2 Å². The highest BCUT2D eigenvalue weighted by Crippen LogP contribution is 2.26. The van der Waals surface area contributed by atoms with Gasteiger partial charge in [-0.05, 0) is 11.1 Å². The van der Waals surface area contributed by atoms with E-state index in [2.05, 4.69) is 5.32 Å². The van der Waals surface area contributed by atoms with Crippen molar-refractivity contribution in [3.8, 4) is 0 Å². The zero-order valence-electron chi connectivity index (χ0n) is 11.4. The second kappa shape index (κ2) is 7.17. The Bertz CT molecular complexity index is 500. The van der Waals surface area contributed by atoms with Crippen molar-refractivity contribution in [2.75, 3.05) is 6.54 Å². The Hall–Kier alpha value is -1.72. The minimum Gasteiger partial charge on any atom is -0.328 e. The van der Waals surface area contributed by atoms with Gasteiger partial charge in [0.15, 0.2) is 0 Å². The van der Waals surface area contributed by atoms with Crippen LogP contribution in [0.3, 0.4) is 0 Å². The summed E-state index contributed by atoms with van der Waals surface area (Å²) in [5.74, 6) is 0. The van der Waals surface area contributed by atoms with Crippen LogP contribution in [0, 0.1) is 0 Å². The van der Waals surface area contributed by atoms with Crippen LogP contribution < -0.4 is 22.5 Å². The Morgan fingerprint density at radius 3 is 1.80 bits per heavy atom. The highest BCUT2D eigenvalue weighted by Gasteiger charge is 2.22. The van der Waals surface area contributed by atoms with Crippen molar-refractivity contribution in [1.82, 2.24) is 5.32 Å². The molecule has 7 N–H and O–H groups in total. The first-order valence-corrected chi connectivity index (χ1v) is 6.79. The van der Waals surface area contributed by atoms with E-state index in [1.54, 1.807) is 0 Å². The lowest BCUT2D eigenvalue weighted by molar-refractivity contribution is 0.395. The summed E-state index contributed by atoms with van der Waals surface area (Å²) in [5.41, 5.74) is 20.1. The molecule has 4 heteroatoms. The average molecular weight is 270 g/mol. The zero-order chi connectivity index (χ0) is 14.4. The van der Waals surface area contributed by atoms with E-state index >= 15 is 0 Å². The molecule has 4 nitrogen and oxygen atoms in total. The Balaban J connectivity index is 2.27. The topological polar surface area (TPSA) is 90.1 Å². The van der Waals surface area contributed by atoms with Gasteiger partial charge in [0.2, 0.25) is 0 Å². The van der Waals surface area contributed by atoms with Crippen LogP contribution in [0.4, 0.5) is 0 Å². The standard InChI is InChI=1S/C16H22N4/c17-11-14(18)20-16(13-9-5-2-6-10-13)15(19)12-7-3-1-4-8-12/h1-10,14-16,20H,11,17-19H2. The Labute approximate surface area is 120 Å². The fraction of sp³-hybridized carbons (Fsp3) is 0.250. The number of benzene rings is 2. The van der Waals surface area contributed by atoms with Crippen LogP contribution in [0.15, 0.2) is 60.7 Å². The summed E-state index contributed by atoms with van der Waals surface area (Å²) in [7, 11) is 0. The van der Waals surface area contributed by atoms with Gasteiger partial charge in [-0.3, -0.25) is 5.32 Å². The lowest BCUT2D eigenvalue weighted by atomic mass is 9.94. The summed E-state index contributed by atoms with van der Waals surface area (Å²) < 4.78 is 0. The smallest absolute Gasteiger partial charge is 0.0678 e. The summed E-state index contributed by atoms with van der Waals surface area (Å²) in [6.45, 7) is 0.366. The molecule has 0 bridgehead atoms. The molecule has 0 fully saturated rings. The molecule has 2 aromatic rings. The quantitative estimate of drug-likeness (QED) is 0.595. The molecule has 0 spiro atoms. The minimum atomic E-state index is -0.282. The predicted molar refractivity (Wildman–Crippen MR) is 82.7 cm³/mol. The fourth-order valence-electron chi connectivity index (χ4n) is 2.23. The van der Waals surface area contributed by atoms with Crippen LogP contribution >= 0.6 is 0 Å². The molecular weight excluding hydrogens is 248 g/mol. The normalized spacial score (nSPS) is 15.6. The molecule has 0 heterocycles. The third-order valence-corrected chi connectivity index (χ3v) is 3.35. The summed E-state index contributed by atoms with van der Waals surface area (Å²) in [4.78, 5) is 0. The molecule has 0 saturated heterocycles. The highest BCUT2D eigenvalue weighted by atomic mass is 15.1. The molecule has 0 saturated carbocycles. The maximum Gasteiger partial charge on any atom is 0.0678 e. The largest absolute Gasteiger partial charge is 0.328 e. The summed E-state index contributed by atoms with van der Waals surface area (Å²) in [6.07, 6.45) is -0.282. The number of nitrogens with one attached hydrogen (secondary N) is 1. The van der Waals surface area contributed by atoms with Gasteiger partial charge in [-0.15, -0.1) is 0 Å². The maximum absolute atomic E-state index is 6.42. The molecule has 0 aromatic heterocycles. The molecule has 0 aliphatic carbocycles. The highest BCUT2D eigenvalue weighted by molar-refractivity contribution is 5.27. The predicted octanol–water partition coefficient (Wildman–Crippen LogP) is 1.26. The Morgan fingerprint density at radius 1 is 0.800 bits per heavy atom. The lowest BCUT2D eigenvalue weighted by Crippen LogP contribution is -2.47. The molecular formula is C16H22N4. The molecule has 0 aliphatic heterocycles. The fourth-order valence-corrected chi connectivity index (χ4v) is 2.23. The average Bonchev–Trinajstić information content (AvgIpc) is 2.53. The molecule has 20 heavy (non-hydrogen) atoms. The van der Waals surface area contributed by atoms with Gasteiger partial charge in [-0.25, -0.2) is 0 Å². The van der Waals surface area contributed by atoms with E-state index in [0.717, 1.165) is 11.1 Å². The molecule has 3 atom stereocenters. The number of nitrogens with two attached hydrogens (primary N) is 3. The first-order chi connectivity index (χ1) is 9.72. The van der Waals surface area contributed by atoms with Crippen LogP contribution in [-0.4, -0.2) is 12.7 Å².